The summed E-state index contributed by atoms with van der Waals surface area (Å²) in [6.07, 6.45) is -0.204. The van der Waals surface area contributed by atoms with Crippen LogP contribution in [0, 0.1) is 5.92 Å². The van der Waals surface area contributed by atoms with E-state index in [1.54, 1.807) is 31.2 Å². The zero-order chi connectivity index (χ0) is 23.9. The molecule has 2 aromatic carbocycles. The molecule has 2 unspecified atom stereocenters. The van der Waals surface area contributed by atoms with E-state index in [-0.39, 0.29) is 42.0 Å². The van der Waals surface area contributed by atoms with E-state index in [0.717, 1.165) is 0 Å². The van der Waals surface area contributed by atoms with E-state index < -0.39 is 38.9 Å². The Hall–Kier alpha value is -2.89. The number of carbonyl (C=O) groups is 3. The summed E-state index contributed by atoms with van der Waals surface area (Å²) in [6.45, 7) is 2.99. The van der Waals surface area contributed by atoms with Gasteiger partial charge in [-0.3, -0.25) is 18.8 Å². The second-order valence-electron chi connectivity index (χ2n) is 7.39. The Morgan fingerprint density at radius 3 is 2.35 bits per heavy atom. The number of amides is 1. The Balaban J connectivity index is 0.00000544. The molecule has 2 aromatic rings. The van der Waals surface area contributed by atoms with Crippen LogP contribution in [0.3, 0.4) is 0 Å². The Bertz CT molecular complexity index is 1100. The third kappa shape index (κ3) is 8.47. The van der Waals surface area contributed by atoms with Gasteiger partial charge < -0.3 is 14.8 Å². The third-order valence-electron chi connectivity index (χ3n) is 5.05. The number of Topliss-reactive ketones (excluding diaryl/α,β-unsaturated/α-hetero) is 1. The van der Waals surface area contributed by atoms with Crippen LogP contribution in [-0.2, 0) is 34.0 Å². The Morgan fingerprint density at radius 1 is 1.12 bits per heavy atom. The summed E-state index contributed by atoms with van der Waals surface area (Å²) in [4.78, 5) is 35.7. The third-order valence-corrected chi connectivity index (χ3v) is 6.00. The van der Waals surface area contributed by atoms with Crippen LogP contribution >= 0.6 is 0 Å². The van der Waals surface area contributed by atoms with Gasteiger partial charge in [-0.25, -0.2) is 4.79 Å². The smallest absolute Gasteiger partial charge is 0.334 e. The molecule has 0 spiro atoms. The summed E-state index contributed by atoms with van der Waals surface area (Å²) in [7, 11) is -3.24. The molecule has 0 saturated carbocycles. The van der Waals surface area contributed by atoms with Crippen LogP contribution in [0.25, 0.3) is 10.8 Å². The molecule has 11 heteroatoms. The molecule has 0 bridgehead atoms. The summed E-state index contributed by atoms with van der Waals surface area (Å²) in [6, 6.07) is 9.56. The number of ether oxygens (including phenoxy) is 2. The van der Waals surface area contributed by atoms with Gasteiger partial charge in [-0.15, -0.1) is 0 Å². The van der Waals surface area contributed by atoms with Crippen molar-refractivity contribution < 1.29 is 41.5 Å². The number of ketones is 1. The molecule has 0 aliphatic heterocycles. The molecule has 0 aromatic heterocycles. The molecule has 2 atom stereocenters. The van der Waals surface area contributed by atoms with Crippen molar-refractivity contribution in [3.05, 3.63) is 36.4 Å². The highest BCUT2D eigenvalue weighted by Gasteiger charge is 2.23. The van der Waals surface area contributed by atoms with Crippen molar-refractivity contribution in [1.82, 2.24) is 0 Å². The number of hydrogen-bond donors (Lipinski definition) is 2. The van der Waals surface area contributed by atoms with Crippen molar-refractivity contribution in [2.24, 2.45) is 5.92 Å². The monoisotopic (exact) mass is 501 g/mol. The Morgan fingerprint density at radius 2 is 1.76 bits per heavy atom. The normalized spacial score (nSPS) is 12.6. The van der Waals surface area contributed by atoms with E-state index in [9.17, 15) is 27.4 Å². The predicted octanol–water partition coefficient (Wildman–Crippen LogP) is 3.77. The maximum atomic E-state index is 12.6. The maximum absolute atomic E-state index is 12.6. The van der Waals surface area contributed by atoms with E-state index in [1.165, 1.54) is 26.2 Å². The topological polar surface area (TPSA) is 136 Å². The van der Waals surface area contributed by atoms with Crippen molar-refractivity contribution in [2.75, 3.05) is 19.0 Å². The number of methoxy groups -OCH3 is 1. The van der Waals surface area contributed by atoms with Crippen LogP contribution in [0.1, 0.15) is 40.5 Å². The van der Waals surface area contributed by atoms with Crippen LogP contribution in [0.4, 0.5) is 10.4 Å². The number of esters is 1. The van der Waals surface area contributed by atoms with E-state index in [1.807, 2.05) is 0 Å². The van der Waals surface area contributed by atoms with Gasteiger partial charge in [0.1, 0.15) is 10.7 Å². The highest BCUT2D eigenvalue weighted by molar-refractivity contribution is 7.86. The van der Waals surface area contributed by atoms with Crippen molar-refractivity contribution in [3.8, 4) is 0 Å². The summed E-state index contributed by atoms with van der Waals surface area (Å²) in [5.41, 5.74) is -0.0685. The second kappa shape index (κ2) is 13.7. The zero-order valence-electron chi connectivity index (χ0n) is 18.6. The standard InChI is InChI=1S/C22H27NO8S.CH4.FH/c1-14(24)17(8-6-12-31-22(26)15(2)30-3)13-20(25)23-19-11-10-16-7-4-5-9-18(16)21(19)32(27,28)29;;/h4-5,7,9-11,15,17H,6,8,12-13H2,1-3H3,(H,23,25)(H,27,28,29);1H4;1H. The second-order valence-corrected chi connectivity index (χ2v) is 8.74. The van der Waals surface area contributed by atoms with Gasteiger partial charge in [0.2, 0.25) is 5.91 Å². The SMILES string of the molecule is C.COC(C)C(=O)OCCCC(CC(=O)Nc1ccc2ccccc2c1S(=O)(=O)O)C(C)=O.F. The summed E-state index contributed by atoms with van der Waals surface area (Å²) in [5, 5.41) is 3.34. The minimum atomic E-state index is -4.63. The first-order valence-electron chi connectivity index (χ1n) is 10.0. The highest BCUT2D eigenvalue weighted by Crippen LogP contribution is 2.30. The predicted molar refractivity (Wildman–Crippen MR) is 127 cm³/mol. The molecule has 0 heterocycles. The van der Waals surface area contributed by atoms with Crippen LogP contribution in [0.15, 0.2) is 41.3 Å². The molecule has 0 saturated heterocycles. The number of halogens is 1. The highest BCUT2D eigenvalue weighted by atomic mass is 32.2. The Labute approximate surface area is 198 Å². The lowest BCUT2D eigenvalue weighted by molar-refractivity contribution is -0.154. The molecule has 0 aliphatic carbocycles. The van der Waals surface area contributed by atoms with Gasteiger partial charge in [0.05, 0.1) is 12.3 Å². The Kier molecular flexibility index (Phi) is 12.6. The molecule has 0 fully saturated rings. The van der Waals surface area contributed by atoms with Gasteiger partial charge in [-0.05, 0) is 38.1 Å². The van der Waals surface area contributed by atoms with Crippen molar-refractivity contribution >= 4 is 44.2 Å². The molecule has 34 heavy (non-hydrogen) atoms. The van der Waals surface area contributed by atoms with E-state index in [4.69, 9.17) is 9.47 Å². The van der Waals surface area contributed by atoms with Crippen molar-refractivity contribution in [3.63, 3.8) is 0 Å². The van der Waals surface area contributed by atoms with Gasteiger partial charge in [0, 0.05) is 24.8 Å². The van der Waals surface area contributed by atoms with Gasteiger partial charge in [-0.1, -0.05) is 37.8 Å². The fourth-order valence-electron chi connectivity index (χ4n) is 3.21. The number of benzene rings is 2. The van der Waals surface area contributed by atoms with E-state index >= 15 is 0 Å². The average Bonchev–Trinajstić information content (AvgIpc) is 2.73. The van der Waals surface area contributed by atoms with Crippen molar-refractivity contribution in [1.29, 1.82) is 0 Å². The number of rotatable bonds is 11. The number of carbonyl (C=O) groups excluding carboxylic acids is 3. The largest absolute Gasteiger partial charge is 0.464 e. The number of nitrogens with one attached hydrogen (secondary N) is 1. The zero-order valence-corrected chi connectivity index (χ0v) is 19.4. The van der Waals surface area contributed by atoms with Gasteiger partial charge in [0.25, 0.3) is 10.1 Å². The quantitative estimate of drug-likeness (QED) is 0.270. The van der Waals surface area contributed by atoms with Crippen LogP contribution in [0.2, 0.25) is 0 Å². The molecule has 9 nitrogen and oxygen atoms in total. The molecule has 2 rings (SSSR count). The minimum Gasteiger partial charge on any atom is -0.464 e. The molecule has 2 N–H and O–H groups in total. The first-order valence-corrected chi connectivity index (χ1v) is 11.5. The molecule has 0 radical (unpaired) electrons. The van der Waals surface area contributed by atoms with Gasteiger partial charge >= 0.3 is 5.97 Å². The number of anilines is 1. The van der Waals surface area contributed by atoms with Crippen LogP contribution in [-0.4, -0.2) is 50.5 Å². The lowest BCUT2D eigenvalue weighted by atomic mass is 9.95. The van der Waals surface area contributed by atoms with E-state index in [2.05, 4.69) is 5.32 Å². The van der Waals surface area contributed by atoms with E-state index in [0.29, 0.717) is 18.2 Å². The van der Waals surface area contributed by atoms with Crippen LogP contribution < -0.4 is 5.32 Å². The molecule has 190 valence electrons. The first kappa shape index (κ1) is 31.1. The molecular weight excluding hydrogens is 469 g/mol. The molecular formula is C23H32FNO8S. The minimum absolute atomic E-state index is 0. The lowest BCUT2D eigenvalue weighted by Crippen LogP contribution is -2.24. The summed E-state index contributed by atoms with van der Waals surface area (Å²) in [5.74, 6) is -1.94. The molecule has 0 aliphatic rings. The lowest BCUT2D eigenvalue weighted by Gasteiger charge is -2.16. The van der Waals surface area contributed by atoms with Gasteiger partial charge in [0.15, 0.2) is 6.10 Å². The molecule has 1 amide bonds. The first-order chi connectivity index (χ1) is 15.0. The van der Waals surface area contributed by atoms with Crippen LogP contribution in [0.5, 0.6) is 0 Å². The van der Waals surface area contributed by atoms with Gasteiger partial charge in [-0.2, -0.15) is 8.42 Å². The van der Waals surface area contributed by atoms with Crippen molar-refractivity contribution in [2.45, 2.75) is 51.5 Å². The maximum Gasteiger partial charge on any atom is 0.334 e. The average molecular weight is 502 g/mol. The summed E-state index contributed by atoms with van der Waals surface area (Å²) < 4.78 is 43.6. The number of fused-ring (bicyclic) bond motifs is 1. The fourth-order valence-corrected chi connectivity index (χ4v) is 4.07. The number of hydrogen-bond acceptors (Lipinski definition) is 7. The fraction of sp³-hybridized carbons (Fsp3) is 0.435. The summed E-state index contributed by atoms with van der Waals surface area (Å²) >= 11 is 0.